The lowest BCUT2D eigenvalue weighted by atomic mass is 10.2. The molecule has 5 nitrogen and oxygen atoms in total. The van der Waals surface area contributed by atoms with Crippen molar-refractivity contribution in [3.63, 3.8) is 0 Å². The van der Waals surface area contributed by atoms with Crippen molar-refractivity contribution in [2.24, 2.45) is 0 Å². The van der Waals surface area contributed by atoms with Crippen LogP contribution < -0.4 is 5.32 Å². The topological polar surface area (TPSA) is 59.8 Å². The summed E-state index contributed by atoms with van der Waals surface area (Å²) in [7, 11) is 0. The zero-order chi connectivity index (χ0) is 17.7. The van der Waals surface area contributed by atoms with Gasteiger partial charge < -0.3 is 5.32 Å². The molecule has 1 amide bonds. The van der Waals surface area contributed by atoms with Gasteiger partial charge in [-0.2, -0.15) is 18.3 Å². The summed E-state index contributed by atoms with van der Waals surface area (Å²) in [5.74, 6) is -0.639. The molecule has 2 aromatic heterocycles. The Morgan fingerprint density at radius 1 is 1.25 bits per heavy atom. The van der Waals surface area contributed by atoms with E-state index in [1.54, 1.807) is 0 Å². The third-order valence-electron chi connectivity index (χ3n) is 3.07. The second kappa shape index (κ2) is 7.37. The van der Waals surface area contributed by atoms with Gasteiger partial charge in [-0.25, -0.2) is 8.78 Å². The number of carbonyl (C=O) groups is 1. The minimum absolute atomic E-state index is 0.00695. The molecule has 0 bridgehead atoms. The van der Waals surface area contributed by atoms with Crippen LogP contribution in [-0.2, 0) is 19.1 Å². The quantitative estimate of drug-likeness (QED) is 0.816. The van der Waals surface area contributed by atoms with Crippen LogP contribution >= 0.6 is 0 Å². The van der Waals surface area contributed by atoms with Gasteiger partial charge in [-0.3, -0.25) is 14.5 Å². The highest BCUT2D eigenvalue weighted by Crippen LogP contribution is 2.28. The molecule has 24 heavy (non-hydrogen) atoms. The van der Waals surface area contributed by atoms with Crippen molar-refractivity contribution in [2.75, 3.05) is 6.54 Å². The monoisotopic (exact) mass is 348 g/mol. The zero-order valence-electron chi connectivity index (χ0n) is 12.2. The fourth-order valence-corrected chi connectivity index (χ4v) is 1.99. The normalized spacial score (nSPS) is 11.8. The van der Waals surface area contributed by atoms with Gasteiger partial charge in [-0.15, -0.1) is 0 Å². The first-order valence-corrected chi connectivity index (χ1v) is 6.87. The molecule has 1 N–H and O–H groups in total. The van der Waals surface area contributed by atoms with Gasteiger partial charge in [0, 0.05) is 31.1 Å². The summed E-state index contributed by atoms with van der Waals surface area (Å²) in [6, 6.07) is 3.03. The van der Waals surface area contributed by atoms with Gasteiger partial charge in [0.1, 0.15) is 12.2 Å². The van der Waals surface area contributed by atoms with E-state index in [2.05, 4.69) is 15.4 Å². The van der Waals surface area contributed by atoms with Crippen molar-refractivity contribution in [3.05, 3.63) is 47.5 Å². The summed E-state index contributed by atoms with van der Waals surface area (Å²) < 4.78 is 63.3. The highest BCUT2D eigenvalue weighted by atomic mass is 19.4. The first-order chi connectivity index (χ1) is 11.3. The highest BCUT2D eigenvalue weighted by molar-refractivity contribution is 5.92. The largest absolute Gasteiger partial charge is 0.416 e. The summed E-state index contributed by atoms with van der Waals surface area (Å²) >= 11 is 0. The van der Waals surface area contributed by atoms with Gasteiger partial charge in [0.25, 0.3) is 12.3 Å². The van der Waals surface area contributed by atoms with Crippen molar-refractivity contribution < 1.29 is 26.7 Å². The number of halogens is 5. The number of nitrogens with zero attached hydrogens (tertiary/aromatic N) is 3. The predicted octanol–water partition coefficient (Wildman–Crippen LogP) is 2.53. The van der Waals surface area contributed by atoms with E-state index in [4.69, 9.17) is 0 Å². The second-order valence-electron chi connectivity index (χ2n) is 4.83. The first kappa shape index (κ1) is 17.8. The molecule has 10 heteroatoms. The van der Waals surface area contributed by atoms with Gasteiger partial charge in [0.05, 0.1) is 5.56 Å². The van der Waals surface area contributed by atoms with Crippen LogP contribution in [0.1, 0.15) is 21.7 Å². The van der Waals surface area contributed by atoms with Crippen LogP contribution in [0.15, 0.2) is 30.6 Å². The molecular formula is C14H13F5N4O. The maximum absolute atomic E-state index is 12.6. The van der Waals surface area contributed by atoms with Gasteiger partial charge >= 0.3 is 6.18 Å². The van der Waals surface area contributed by atoms with Crippen LogP contribution in [0.4, 0.5) is 22.0 Å². The number of pyridine rings is 1. The Labute approximate surface area is 133 Å². The van der Waals surface area contributed by atoms with Gasteiger partial charge in [-0.05, 0) is 18.2 Å². The Hall–Kier alpha value is -2.52. The molecule has 2 heterocycles. The third-order valence-corrected chi connectivity index (χ3v) is 3.07. The van der Waals surface area contributed by atoms with Crippen LogP contribution in [0, 0.1) is 0 Å². The number of carbonyl (C=O) groups excluding carboxylic acids is 1. The van der Waals surface area contributed by atoms with Crippen LogP contribution in [0.5, 0.6) is 0 Å². The number of alkyl halides is 5. The van der Waals surface area contributed by atoms with Crippen LogP contribution in [-0.4, -0.2) is 33.6 Å². The molecule has 0 saturated carbocycles. The fourth-order valence-electron chi connectivity index (χ4n) is 1.99. The summed E-state index contributed by atoms with van der Waals surface area (Å²) in [6.07, 6.45) is -4.81. The number of nitrogens with one attached hydrogen (secondary N) is 1. The van der Waals surface area contributed by atoms with Gasteiger partial charge in [-0.1, -0.05) is 0 Å². The molecule has 2 aromatic rings. The first-order valence-electron chi connectivity index (χ1n) is 6.87. The summed E-state index contributed by atoms with van der Waals surface area (Å²) in [4.78, 5) is 15.7. The number of amides is 1. The maximum Gasteiger partial charge on any atom is 0.416 e. The van der Waals surface area contributed by atoms with Crippen LogP contribution in [0.25, 0.3) is 0 Å². The van der Waals surface area contributed by atoms with Gasteiger partial charge in [0.15, 0.2) is 0 Å². The second-order valence-corrected chi connectivity index (χ2v) is 4.83. The molecule has 0 aliphatic heterocycles. The maximum atomic E-state index is 12.6. The van der Waals surface area contributed by atoms with E-state index in [1.807, 2.05) is 0 Å². The van der Waals surface area contributed by atoms with Crippen molar-refractivity contribution in [2.45, 2.75) is 25.6 Å². The lowest BCUT2D eigenvalue weighted by Gasteiger charge is -2.09. The van der Waals surface area contributed by atoms with E-state index in [0.29, 0.717) is 0 Å². The van der Waals surface area contributed by atoms with Gasteiger partial charge in [0.2, 0.25) is 0 Å². The molecule has 2 rings (SSSR count). The number of aromatic nitrogens is 3. The third kappa shape index (κ3) is 4.74. The average molecular weight is 348 g/mol. The van der Waals surface area contributed by atoms with E-state index in [9.17, 15) is 26.7 Å². The van der Waals surface area contributed by atoms with Crippen LogP contribution in [0.2, 0.25) is 0 Å². The van der Waals surface area contributed by atoms with Crippen molar-refractivity contribution in [1.82, 2.24) is 20.1 Å². The Morgan fingerprint density at radius 2 is 2.00 bits per heavy atom. The van der Waals surface area contributed by atoms with Crippen LogP contribution in [0.3, 0.4) is 0 Å². The smallest absolute Gasteiger partial charge is 0.350 e. The number of hydrogen-bond donors (Lipinski definition) is 1. The standard InChI is InChI=1S/C14H13F5N4O/c15-12(16)8-23-11(3-6-22-23)13(24)21-5-2-10-7-9(1-4-20-10)14(17,18)19/h1,3-4,6-7,12H,2,5,8H2,(H,21,24). The molecule has 0 aliphatic rings. The highest BCUT2D eigenvalue weighted by Gasteiger charge is 2.30. The molecule has 0 saturated heterocycles. The minimum Gasteiger partial charge on any atom is -0.350 e. The molecule has 130 valence electrons. The molecule has 0 aromatic carbocycles. The Kier molecular flexibility index (Phi) is 5.47. The predicted molar refractivity (Wildman–Crippen MR) is 73.5 cm³/mol. The number of rotatable bonds is 6. The Balaban J connectivity index is 1.93. The molecule has 0 radical (unpaired) electrons. The molecular weight excluding hydrogens is 335 g/mol. The van der Waals surface area contributed by atoms with Crippen molar-refractivity contribution in [1.29, 1.82) is 0 Å². The van der Waals surface area contributed by atoms with Crippen molar-refractivity contribution >= 4 is 5.91 Å². The van der Waals surface area contributed by atoms with E-state index in [-0.39, 0.29) is 24.4 Å². The molecule has 0 fully saturated rings. The molecule has 0 spiro atoms. The average Bonchev–Trinajstić information content (AvgIpc) is 2.94. The SMILES string of the molecule is O=C(NCCc1cc(C(F)(F)F)ccn1)c1ccnn1CC(F)F. The van der Waals surface area contributed by atoms with E-state index >= 15 is 0 Å². The summed E-state index contributed by atoms with van der Waals surface area (Å²) in [6.45, 7) is -0.710. The molecule has 0 aliphatic carbocycles. The Morgan fingerprint density at radius 3 is 2.67 bits per heavy atom. The summed E-state index contributed by atoms with van der Waals surface area (Å²) in [5, 5.41) is 6.06. The fraction of sp³-hybridized carbons (Fsp3) is 0.357. The number of hydrogen-bond acceptors (Lipinski definition) is 3. The summed E-state index contributed by atoms with van der Waals surface area (Å²) in [5.41, 5.74) is -0.715. The minimum atomic E-state index is -4.47. The van der Waals surface area contributed by atoms with Crippen molar-refractivity contribution in [3.8, 4) is 0 Å². The van der Waals surface area contributed by atoms with E-state index < -0.39 is 30.6 Å². The van der Waals surface area contributed by atoms with E-state index in [0.717, 1.165) is 23.0 Å². The zero-order valence-corrected chi connectivity index (χ0v) is 12.2. The molecule has 0 unspecified atom stereocenters. The lowest BCUT2D eigenvalue weighted by molar-refractivity contribution is -0.137. The lowest BCUT2D eigenvalue weighted by Crippen LogP contribution is -2.29. The molecule has 0 atom stereocenters. The Bertz CT molecular complexity index is 698. The van der Waals surface area contributed by atoms with E-state index in [1.165, 1.54) is 12.3 Å².